The number of carbonyl (C=O) groups is 1. The number of hydrogen-bond acceptors (Lipinski definition) is 2. The van der Waals surface area contributed by atoms with Gasteiger partial charge in [0.05, 0.1) is 0 Å². The molecule has 0 bridgehead atoms. The Balaban J connectivity index is 1.66. The molecule has 0 spiro atoms. The van der Waals surface area contributed by atoms with E-state index < -0.39 is 0 Å². The van der Waals surface area contributed by atoms with Crippen LogP contribution in [0.3, 0.4) is 0 Å². The molecule has 2 aromatic rings. The molecule has 0 radical (unpaired) electrons. The summed E-state index contributed by atoms with van der Waals surface area (Å²) in [5, 5.41) is 0. The summed E-state index contributed by atoms with van der Waals surface area (Å²) >= 11 is 0. The average Bonchev–Trinajstić information content (AvgIpc) is 2.81. The molecule has 160 valence electrons. The van der Waals surface area contributed by atoms with Crippen molar-refractivity contribution in [2.24, 2.45) is 5.92 Å². The van der Waals surface area contributed by atoms with E-state index in [1.807, 2.05) is 23.1 Å². The zero-order valence-electron chi connectivity index (χ0n) is 18.5. The van der Waals surface area contributed by atoms with Gasteiger partial charge in [-0.2, -0.15) is 0 Å². The minimum absolute atomic E-state index is 0.0495. The Morgan fingerprint density at radius 2 is 1.57 bits per heavy atom. The van der Waals surface area contributed by atoms with Gasteiger partial charge < -0.3 is 4.90 Å². The van der Waals surface area contributed by atoms with E-state index in [1.165, 1.54) is 24.8 Å². The molecule has 2 aromatic carbocycles. The number of amides is 2. The Hall–Kier alpha value is -2.33. The van der Waals surface area contributed by atoms with Crippen LogP contribution >= 0.6 is 0 Å². The van der Waals surface area contributed by atoms with Gasteiger partial charge in [-0.15, -0.1) is 0 Å². The van der Waals surface area contributed by atoms with Gasteiger partial charge in [-0.1, -0.05) is 55.0 Å². The van der Waals surface area contributed by atoms with Crippen molar-refractivity contribution < 1.29 is 4.79 Å². The van der Waals surface area contributed by atoms with Crippen LogP contribution in [0.5, 0.6) is 0 Å². The molecule has 1 saturated heterocycles. The summed E-state index contributed by atoms with van der Waals surface area (Å²) in [7, 11) is 4.38. The normalized spacial score (nSPS) is 23.6. The van der Waals surface area contributed by atoms with Crippen LogP contribution in [-0.4, -0.2) is 49.6 Å². The molecular weight excluding hydrogens is 370 g/mol. The lowest BCUT2D eigenvalue weighted by Crippen LogP contribution is -2.48. The van der Waals surface area contributed by atoms with E-state index in [1.54, 1.807) is 0 Å². The Morgan fingerprint density at radius 3 is 2.17 bits per heavy atom. The second-order valence-corrected chi connectivity index (χ2v) is 9.16. The number of nitrogens with zero attached hydrogens (tertiary/aromatic N) is 3. The molecule has 1 atom stereocenters. The van der Waals surface area contributed by atoms with Gasteiger partial charge in [0.15, 0.2) is 0 Å². The first kappa shape index (κ1) is 20.9. The van der Waals surface area contributed by atoms with Crippen LogP contribution < -0.4 is 4.90 Å². The van der Waals surface area contributed by atoms with Crippen molar-refractivity contribution in [2.45, 2.75) is 44.1 Å². The number of urea groups is 1. The van der Waals surface area contributed by atoms with Crippen molar-refractivity contribution in [1.29, 1.82) is 0 Å². The smallest absolute Gasteiger partial charge is 0.324 e. The van der Waals surface area contributed by atoms with E-state index in [9.17, 15) is 4.79 Å². The monoisotopic (exact) mass is 405 g/mol. The Morgan fingerprint density at radius 1 is 0.900 bits per heavy atom. The van der Waals surface area contributed by atoms with E-state index >= 15 is 0 Å². The summed E-state index contributed by atoms with van der Waals surface area (Å²) in [6, 6.07) is 21.3. The maximum Gasteiger partial charge on any atom is 0.324 e. The van der Waals surface area contributed by atoms with E-state index in [4.69, 9.17) is 0 Å². The fourth-order valence-corrected chi connectivity index (χ4v) is 5.08. The summed E-state index contributed by atoms with van der Waals surface area (Å²) in [6.07, 6.45) is 6.80. The Kier molecular flexibility index (Phi) is 6.43. The molecule has 1 aliphatic heterocycles. The van der Waals surface area contributed by atoms with Crippen molar-refractivity contribution in [2.75, 3.05) is 38.6 Å². The summed E-state index contributed by atoms with van der Waals surface area (Å²) in [5.41, 5.74) is 2.32. The second-order valence-electron chi connectivity index (χ2n) is 9.16. The molecule has 4 heteroatoms. The van der Waals surface area contributed by atoms with Gasteiger partial charge in [0, 0.05) is 30.9 Å². The number of rotatable bonds is 5. The van der Waals surface area contributed by atoms with Crippen LogP contribution in [0.1, 0.15) is 44.1 Å². The van der Waals surface area contributed by atoms with Gasteiger partial charge in [0.2, 0.25) is 0 Å². The maximum atomic E-state index is 13.7. The van der Waals surface area contributed by atoms with Crippen LogP contribution in [0, 0.1) is 5.92 Å². The quantitative estimate of drug-likeness (QED) is 0.670. The molecule has 2 aliphatic rings. The molecule has 0 N–H and O–H groups in total. The van der Waals surface area contributed by atoms with Crippen molar-refractivity contribution in [3.8, 4) is 0 Å². The molecule has 1 aliphatic carbocycles. The summed E-state index contributed by atoms with van der Waals surface area (Å²) in [4.78, 5) is 20.2. The lowest BCUT2D eigenvalue weighted by molar-refractivity contribution is 0.105. The van der Waals surface area contributed by atoms with E-state index in [-0.39, 0.29) is 11.6 Å². The lowest BCUT2D eigenvalue weighted by Gasteiger charge is -2.42. The lowest BCUT2D eigenvalue weighted by atomic mass is 9.80. The van der Waals surface area contributed by atoms with Crippen molar-refractivity contribution >= 4 is 11.7 Å². The molecule has 2 fully saturated rings. The topological polar surface area (TPSA) is 26.8 Å². The third kappa shape index (κ3) is 4.24. The molecule has 4 rings (SSSR count). The third-order valence-corrected chi connectivity index (χ3v) is 7.21. The SMILES string of the molecule is CN(C)[C@@]1(c2ccccc2)CCCN(c2ccccc2)C(=O)N(CC2CCC2)CC1. The van der Waals surface area contributed by atoms with Crippen LogP contribution in [-0.2, 0) is 5.54 Å². The number of para-hydroxylation sites is 1. The highest BCUT2D eigenvalue weighted by Gasteiger charge is 2.38. The molecule has 30 heavy (non-hydrogen) atoms. The molecule has 4 nitrogen and oxygen atoms in total. The summed E-state index contributed by atoms with van der Waals surface area (Å²) in [5.74, 6) is 0.665. The predicted octanol–water partition coefficient (Wildman–Crippen LogP) is 5.36. The minimum atomic E-state index is -0.0495. The molecule has 1 saturated carbocycles. The number of carbonyl (C=O) groups excluding carboxylic acids is 1. The van der Waals surface area contributed by atoms with Crippen LogP contribution in [0.15, 0.2) is 60.7 Å². The average molecular weight is 406 g/mol. The second kappa shape index (κ2) is 9.22. The van der Waals surface area contributed by atoms with Gasteiger partial charge in [-0.3, -0.25) is 9.80 Å². The van der Waals surface area contributed by atoms with Gasteiger partial charge in [-0.25, -0.2) is 4.79 Å². The molecular formula is C26H35N3O. The zero-order valence-corrected chi connectivity index (χ0v) is 18.5. The van der Waals surface area contributed by atoms with E-state index in [0.717, 1.165) is 44.6 Å². The van der Waals surface area contributed by atoms with Crippen molar-refractivity contribution in [3.05, 3.63) is 66.2 Å². The molecule has 0 aromatic heterocycles. The van der Waals surface area contributed by atoms with E-state index in [0.29, 0.717) is 5.92 Å². The Bertz CT molecular complexity index is 819. The van der Waals surface area contributed by atoms with Crippen molar-refractivity contribution in [3.63, 3.8) is 0 Å². The first-order valence-electron chi connectivity index (χ1n) is 11.4. The fraction of sp³-hybridized carbons (Fsp3) is 0.500. The zero-order chi connectivity index (χ0) is 21.0. The van der Waals surface area contributed by atoms with Gasteiger partial charge in [0.25, 0.3) is 0 Å². The van der Waals surface area contributed by atoms with E-state index in [2.05, 4.69) is 66.4 Å². The highest BCUT2D eigenvalue weighted by molar-refractivity contribution is 5.92. The first-order chi connectivity index (χ1) is 14.6. The summed E-state index contributed by atoms with van der Waals surface area (Å²) in [6.45, 7) is 2.44. The highest BCUT2D eigenvalue weighted by Crippen LogP contribution is 2.37. The first-order valence-corrected chi connectivity index (χ1v) is 11.4. The van der Waals surface area contributed by atoms with Crippen molar-refractivity contribution in [1.82, 2.24) is 9.80 Å². The maximum absolute atomic E-state index is 13.7. The summed E-state index contributed by atoms with van der Waals surface area (Å²) < 4.78 is 0. The highest BCUT2D eigenvalue weighted by atomic mass is 16.2. The minimum Gasteiger partial charge on any atom is -0.324 e. The number of anilines is 1. The number of hydrogen-bond donors (Lipinski definition) is 0. The number of benzene rings is 2. The molecule has 2 amide bonds. The van der Waals surface area contributed by atoms with Gasteiger partial charge in [-0.05, 0) is 69.8 Å². The van der Waals surface area contributed by atoms with Crippen LogP contribution in [0.25, 0.3) is 0 Å². The fourth-order valence-electron chi connectivity index (χ4n) is 5.08. The third-order valence-electron chi connectivity index (χ3n) is 7.21. The largest absolute Gasteiger partial charge is 0.324 e. The van der Waals surface area contributed by atoms with Gasteiger partial charge >= 0.3 is 6.03 Å². The Labute approximate surface area is 181 Å². The van der Waals surface area contributed by atoms with Gasteiger partial charge in [0.1, 0.15) is 0 Å². The predicted molar refractivity (Wildman–Crippen MR) is 124 cm³/mol. The molecule has 1 heterocycles. The molecule has 0 unspecified atom stereocenters. The standard InChI is InChI=1S/C26H35N3O/c1-27(2)26(23-13-5-3-6-14-23)17-10-19-29(24-15-7-4-8-16-24)25(30)28(20-18-26)21-22-11-9-12-22/h3-8,13-16,22H,9-12,17-21H2,1-2H3/t26-/m0/s1. The van der Waals surface area contributed by atoms with Crippen LogP contribution in [0.2, 0.25) is 0 Å². The van der Waals surface area contributed by atoms with Crippen LogP contribution in [0.4, 0.5) is 10.5 Å².